The van der Waals surface area contributed by atoms with Crippen LogP contribution in [-0.2, 0) is 11.3 Å². The number of nitrogens with zero attached hydrogens (tertiary/aromatic N) is 3. The smallest absolute Gasteiger partial charge is 0.124 e. The minimum Gasteiger partial charge on any atom is -0.337 e. The van der Waals surface area contributed by atoms with E-state index >= 15 is 0 Å². The van der Waals surface area contributed by atoms with E-state index in [1.165, 1.54) is 0 Å². The number of hydrogen-bond acceptors (Lipinski definition) is 3. The van der Waals surface area contributed by atoms with Crippen molar-refractivity contribution in [2.75, 3.05) is 19.6 Å². The van der Waals surface area contributed by atoms with E-state index in [4.69, 9.17) is 0 Å². The maximum absolute atomic E-state index is 10.7. The predicted molar refractivity (Wildman–Crippen MR) is 62.1 cm³/mol. The molecule has 1 unspecified atom stereocenters. The van der Waals surface area contributed by atoms with Gasteiger partial charge in [-0.25, -0.2) is 4.98 Å². The Labute approximate surface area is 96.3 Å². The average molecular weight is 221 g/mol. The number of imidazole rings is 1. The van der Waals surface area contributed by atoms with Crippen molar-refractivity contribution in [1.82, 2.24) is 14.5 Å². The van der Waals surface area contributed by atoms with Gasteiger partial charge in [-0.2, -0.15) is 0 Å². The van der Waals surface area contributed by atoms with Gasteiger partial charge in [-0.15, -0.1) is 0 Å². The first-order valence-electron chi connectivity index (χ1n) is 6.02. The summed E-state index contributed by atoms with van der Waals surface area (Å²) in [6, 6.07) is 0. The van der Waals surface area contributed by atoms with Gasteiger partial charge in [0.2, 0.25) is 0 Å². The number of carbonyl (C=O) groups is 1. The highest BCUT2D eigenvalue weighted by atomic mass is 16.1. The molecule has 16 heavy (non-hydrogen) atoms. The lowest BCUT2D eigenvalue weighted by Crippen LogP contribution is -2.36. The maximum atomic E-state index is 10.7. The Kier molecular flexibility index (Phi) is 4.10. The Bertz CT molecular complexity index is 310. The number of aromatic nitrogens is 2. The van der Waals surface area contributed by atoms with Crippen LogP contribution in [0, 0.1) is 5.92 Å². The van der Waals surface area contributed by atoms with Gasteiger partial charge in [0.15, 0.2) is 0 Å². The molecule has 0 saturated carbocycles. The molecule has 1 aromatic heterocycles. The molecule has 88 valence electrons. The number of carbonyl (C=O) groups excluding carboxylic acids is 1. The average Bonchev–Trinajstić information content (AvgIpc) is 2.82. The largest absolute Gasteiger partial charge is 0.337 e. The second-order valence-electron chi connectivity index (χ2n) is 4.49. The minimum atomic E-state index is 0.266. The highest BCUT2D eigenvalue weighted by Crippen LogP contribution is 2.14. The Morgan fingerprint density at radius 1 is 1.44 bits per heavy atom. The van der Waals surface area contributed by atoms with Gasteiger partial charge >= 0.3 is 0 Å². The third-order valence-electron chi connectivity index (χ3n) is 3.18. The van der Waals surface area contributed by atoms with Gasteiger partial charge in [0.05, 0.1) is 6.33 Å². The molecule has 1 atom stereocenters. The van der Waals surface area contributed by atoms with Gasteiger partial charge in [-0.05, 0) is 32.4 Å². The van der Waals surface area contributed by atoms with Crippen LogP contribution in [0.15, 0.2) is 18.7 Å². The number of rotatable bonds is 5. The van der Waals surface area contributed by atoms with Crippen molar-refractivity contribution in [2.45, 2.75) is 25.8 Å². The first-order chi connectivity index (χ1) is 7.88. The van der Waals surface area contributed by atoms with Gasteiger partial charge in [0.25, 0.3) is 0 Å². The topological polar surface area (TPSA) is 38.1 Å². The third kappa shape index (κ3) is 3.17. The molecular weight excluding hydrogens is 202 g/mol. The van der Waals surface area contributed by atoms with Gasteiger partial charge in [-0.1, -0.05) is 0 Å². The first kappa shape index (κ1) is 11.3. The molecule has 0 N–H and O–H groups in total. The van der Waals surface area contributed by atoms with Crippen LogP contribution in [-0.4, -0.2) is 40.4 Å². The zero-order valence-electron chi connectivity index (χ0n) is 9.59. The zero-order valence-corrected chi connectivity index (χ0v) is 9.59. The van der Waals surface area contributed by atoms with Crippen molar-refractivity contribution in [2.24, 2.45) is 5.92 Å². The monoisotopic (exact) mass is 221 g/mol. The molecule has 1 fully saturated rings. The highest BCUT2D eigenvalue weighted by molar-refractivity contribution is 5.53. The van der Waals surface area contributed by atoms with Crippen LogP contribution in [0.4, 0.5) is 0 Å². The molecule has 1 aliphatic rings. The molecule has 0 radical (unpaired) electrons. The van der Waals surface area contributed by atoms with E-state index in [1.54, 1.807) is 0 Å². The van der Waals surface area contributed by atoms with E-state index in [-0.39, 0.29) is 5.92 Å². The molecule has 1 aromatic rings. The highest BCUT2D eigenvalue weighted by Gasteiger charge is 2.18. The van der Waals surface area contributed by atoms with Gasteiger partial charge in [-0.3, -0.25) is 0 Å². The standard InChI is InChI=1S/C12H19N3O/c16-10-12-3-1-5-14(9-12)6-2-7-15-8-4-13-11-15/h4,8,10-12H,1-3,5-7,9H2. The Hall–Kier alpha value is -1.16. The SMILES string of the molecule is O=CC1CCCN(CCCn2ccnc2)C1. The molecule has 0 spiro atoms. The van der Waals surface area contributed by atoms with Gasteiger partial charge in [0.1, 0.15) is 6.29 Å². The van der Waals surface area contributed by atoms with Crippen LogP contribution < -0.4 is 0 Å². The van der Waals surface area contributed by atoms with Crippen LogP contribution in [0.25, 0.3) is 0 Å². The molecule has 1 aliphatic heterocycles. The second-order valence-corrected chi connectivity index (χ2v) is 4.49. The summed E-state index contributed by atoms with van der Waals surface area (Å²) in [5.74, 6) is 0.266. The van der Waals surface area contributed by atoms with E-state index < -0.39 is 0 Å². The Morgan fingerprint density at radius 3 is 3.12 bits per heavy atom. The fraction of sp³-hybridized carbons (Fsp3) is 0.667. The van der Waals surface area contributed by atoms with Crippen molar-refractivity contribution in [3.8, 4) is 0 Å². The summed E-state index contributed by atoms with van der Waals surface area (Å²) < 4.78 is 2.10. The van der Waals surface area contributed by atoms with Gasteiger partial charge in [0, 0.05) is 31.4 Å². The van der Waals surface area contributed by atoms with Crippen LogP contribution in [0.2, 0.25) is 0 Å². The molecule has 0 aliphatic carbocycles. The summed E-state index contributed by atoms with van der Waals surface area (Å²) in [5.41, 5.74) is 0. The molecule has 0 amide bonds. The summed E-state index contributed by atoms with van der Waals surface area (Å²) in [4.78, 5) is 17.1. The predicted octanol–water partition coefficient (Wildman–Crippen LogP) is 1.18. The summed E-state index contributed by atoms with van der Waals surface area (Å²) in [5, 5.41) is 0. The molecule has 2 rings (SSSR count). The molecule has 4 nitrogen and oxygen atoms in total. The Morgan fingerprint density at radius 2 is 2.38 bits per heavy atom. The summed E-state index contributed by atoms with van der Waals surface area (Å²) >= 11 is 0. The first-order valence-corrected chi connectivity index (χ1v) is 6.02. The summed E-state index contributed by atoms with van der Waals surface area (Å²) in [6.07, 6.45) is 10.1. The van der Waals surface area contributed by atoms with Crippen molar-refractivity contribution in [1.29, 1.82) is 0 Å². The van der Waals surface area contributed by atoms with Crippen molar-refractivity contribution in [3.05, 3.63) is 18.7 Å². The lowest BCUT2D eigenvalue weighted by Gasteiger charge is -2.29. The normalized spacial score (nSPS) is 22.1. The van der Waals surface area contributed by atoms with Crippen LogP contribution in [0.3, 0.4) is 0 Å². The number of piperidine rings is 1. The zero-order chi connectivity index (χ0) is 11.2. The van der Waals surface area contributed by atoms with Crippen LogP contribution in [0.5, 0.6) is 0 Å². The lowest BCUT2D eigenvalue weighted by atomic mass is 10.00. The summed E-state index contributed by atoms with van der Waals surface area (Å²) in [6.45, 7) is 4.20. The van der Waals surface area contributed by atoms with Crippen molar-refractivity contribution < 1.29 is 4.79 Å². The van der Waals surface area contributed by atoms with Crippen LogP contribution >= 0.6 is 0 Å². The van der Waals surface area contributed by atoms with E-state index in [0.29, 0.717) is 0 Å². The van der Waals surface area contributed by atoms with E-state index in [1.807, 2.05) is 18.7 Å². The summed E-state index contributed by atoms with van der Waals surface area (Å²) in [7, 11) is 0. The van der Waals surface area contributed by atoms with Crippen molar-refractivity contribution >= 4 is 6.29 Å². The molecule has 4 heteroatoms. The number of aldehydes is 1. The molecule has 1 saturated heterocycles. The van der Waals surface area contributed by atoms with Gasteiger partial charge < -0.3 is 14.3 Å². The quantitative estimate of drug-likeness (QED) is 0.701. The van der Waals surface area contributed by atoms with E-state index in [0.717, 1.165) is 51.7 Å². The maximum Gasteiger partial charge on any atom is 0.124 e. The number of hydrogen-bond donors (Lipinski definition) is 0. The van der Waals surface area contributed by atoms with Crippen LogP contribution in [0.1, 0.15) is 19.3 Å². The minimum absolute atomic E-state index is 0.266. The number of aryl methyl sites for hydroxylation is 1. The second kappa shape index (κ2) is 5.80. The fourth-order valence-corrected chi connectivity index (χ4v) is 2.30. The lowest BCUT2D eigenvalue weighted by molar-refractivity contribution is -0.112. The third-order valence-corrected chi connectivity index (χ3v) is 3.18. The fourth-order valence-electron chi connectivity index (χ4n) is 2.30. The molecular formula is C12H19N3O. The molecule has 2 heterocycles. The molecule has 0 bridgehead atoms. The van der Waals surface area contributed by atoms with Crippen molar-refractivity contribution in [3.63, 3.8) is 0 Å². The van der Waals surface area contributed by atoms with E-state index in [9.17, 15) is 4.79 Å². The molecule has 0 aromatic carbocycles. The Balaban J connectivity index is 1.67. The van der Waals surface area contributed by atoms with E-state index in [2.05, 4.69) is 14.5 Å². The number of likely N-dealkylation sites (tertiary alicyclic amines) is 1.